The van der Waals surface area contributed by atoms with Gasteiger partial charge < -0.3 is 20.1 Å². The largest absolute Gasteiger partial charge is 0.493 e. The van der Waals surface area contributed by atoms with Gasteiger partial charge in [-0.25, -0.2) is 0 Å². The van der Waals surface area contributed by atoms with Crippen molar-refractivity contribution in [3.8, 4) is 11.5 Å². The first-order valence-corrected chi connectivity index (χ1v) is 15.0. The lowest BCUT2D eigenvalue weighted by Crippen LogP contribution is -2.24. The van der Waals surface area contributed by atoms with Gasteiger partial charge in [-0.2, -0.15) is 14.7 Å². The van der Waals surface area contributed by atoms with E-state index in [2.05, 4.69) is 33.1 Å². The second-order valence-corrected chi connectivity index (χ2v) is 10.6. The molecule has 0 bridgehead atoms. The molecule has 0 saturated heterocycles. The molecule has 2 unspecified atom stereocenters. The summed E-state index contributed by atoms with van der Waals surface area (Å²) in [4.78, 5) is 34.0. The first-order chi connectivity index (χ1) is 21.6. The summed E-state index contributed by atoms with van der Waals surface area (Å²) in [5, 5.41) is 18.2. The van der Waals surface area contributed by atoms with E-state index >= 15 is 0 Å². The van der Waals surface area contributed by atoms with Gasteiger partial charge in [-0.3, -0.25) is 0 Å². The molecule has 0 fully saturated rings. The summed E-state index contributed by atoms with van der Waals surface area (Å²) < 4.78 is 11.7. The minimum absolute atomic E-state index is 0.0235. The van der Waals surface area contributed by atoms with E-state index in [1.54, 1.807) is 12.1 Å². The quantitative estimate of drug-likeness (QED) is 0.0794. The molecule has 230 valence electrons. The molecular formula is C34H39N5O5. The number of ether oxygens (including phenoxy) is 2. The standard InChI is InChI=1S/C34H39N5O5/c1-2-3-19-43-33-16-13-27(20-28(33)21-37-40)32(39-42)23-35-18-17-25-11-14-29(15-12-25)36-22-30(38-41)24-44-34-10-6-8-26-7-4-5-9-31(26)34/h4-16,20,30,32,35-36H,2-3,17-19,21-24H2,1H3. The summed E-state index contributed by atoms with van der Waals surface area (Å²) in [6.45, 7) is 4.17. The molecule has 2 N–H and O–H groups in total. The monoisotopic (exact) mass is 597 g/mol. The Hall–Kier alpha value is -4.70. The Kier molecular flexibility index (Phi) is 12.8. The lowest BCUT2D eigenvalue weighted by atomic mass is 10.0. The number of hydrogen-bond acceptors (Lipinski definition) is 10. The van der Waals surface area contributed by atoms with Crippen molar-refractivity contribution in [1.29, 1.82) is 0 Å². The average Bonchev–Trinajstić information content (AvgIpc) is 3.06. The lowest BCUT2D eigenvalue weighted by Gasteiger charge is -2.15. The molecule has 0 spiro atoms. The van der Waals surface area contributed by atoms with Crippen LogP contribution in [-0.2, 0) is 13.0 Å². The fourth-order valence-electron chi connectivity index (χ4n) is 4.81. The maximum absolute atomic E-state index is 11.6. The van der Waals surface area contributed by atoms with Crippen LogP contribution in [0.15, 0.2) is 100 Å². The third-order valence-electron chi connectivity index (χ3n) is 7.34. The maximum Gasteiger partial charge on any atom is 0.143 e. The zero-order valence-electron chi connectivity index (χ0n) is 25.0. The van der Waals surface area contributed by atoms with Crippen molar-refractivity contribution < 1.29 is 9.47 Å². The predicted octanol–water partition coefficient (Wildman–Crippen LogP) is 7.55. The van der Waals surface area contributed by atoms with Gasteiger partial charge in [0.15, 0.2) is 0 Å². The van der Waals surface area contributed by atoms with Crippen molar-refractivity contribution in [3.63, 3.8) is 0 Å². The predicted molar refractivity (Wildman–Crippen MR) is 175 cm³/mol. The molecule has 0 aliphatic heterocycles. The number of rotatable bonds is 20. The van der Waals surface area contributed by atoms with Crippen LogP contribution in [0, 0.1) is 14.7 Å². The number of nitrogens with zero attached hydrogens (tertiary/aromatic N) is 3. The van der Waals surface area contributed by atoms with Crippen LogP contribution in [0.4, 0.5) is 5.69 Å². The minimum atomic E-state index is -0.597. The third-order valence-corrected chi connectivity index (χ3v) is 7.34. The van der Waals surface area contributed by atoms with E-state index in [0.717, 1.165) is 52.6 Å². The van der Waals surface area contributed by atoms with E-state index in [4.69, 9.17) is 9.47 Å². The summed E-state index contributed by atoms with van der Waals surface area (Å²) in [6, 6.07) is 26.0. The van der Waals surface area contributed by atoms with Gasteiger partial charge in [0.25, 0.3) is 0 Å². The fraction of sp³-hybridized carbons (Fsp3) is 0.353. The van der Waals surface area contributed by atoms with Gasteiger partial charge in [-0.05, 0) is 66.2 Å². The highest BCUT2D eigenvalue weighted by Crippen LogP contribution is 2.27. The molecule has 4 aromatic rings. The normalized spacial score (nSPS) is 12.3. The van der Waals surface area contributed by atoms with Crippen molar-refractivity contribution in [1.82, 2.24) is 5.32 Å². The Balaban J connectivity index is 1.21. The van der Waals surface area contributed by atoms with Crippen molar-refractivity contribution in [2.75, 3.05) is 38.2 Å². The number of hydrogen-bond donors (Lipinski definition) is 2. The first kappa shape index (κ1) is 32.2. The molecule has 0 aliphatic carbocycles. The van der Waals surface area contributed by atoms with Gasteiger partial charge in [0.2, 0.25) is 0 Å². The van der Waals surface area contributed by atoms with E-state index in [1.165, 1.54) is 0 Å². The van der Waals surface area contributed by atoms with E-state index in [-0.39, 0.29) is 13.2 Å². The van der Waals surface area contributed by atoms with E-state index in [9.17, 15) is 14.7 Å². The second kappa shape index (κ2) is 17.4. The number of nitroso groups, excluding NO2 is 3. The molecular weight excluding hydrogens is 558 g/mol. The topological polar surface area (TPSA) is 131 Å². The molecule has 0 saturated carbocycles. The summed E-state index contributed by atoms with van der Waals surface area (Å²) in [5.41, 5.74) is 3.38. The highest BCUT2D eigenvalue weighted by Gasteiger charge is 2.15. The molecule has 0 aliphatic rings. The highest BCUT2D eigenvalue weighted by molar-refractivity contribution is 5.88. The molecule has 0 aromatic heterocycles. The molecule has 0 radical (unpaired) electrons. The van der Waals surface area contributed by atoms with Gasteiger partial charge in [0.05, 0.1) is 6.61 Å². The average molecular weight is 598 g/mol. The van der Waals surface area contributed by atoms with Crippen molar-refractivity contribution in [3.05, 3.63) is 116 Å². The first-order valence-electron chi connectivity index (χ1n) is 15.0. The lowest BCUT2D eigenvalue weighted by molar-refractivity contribution is 0.296. The Morgan fingerprint density at radius 2 is 1.64 bits per heavy atom. The fourth-order valence-corrected chi connectivity index (χ4v) is 4.81. The third kappa shape index (κ3) is 9.40. The number of anilines is 1. The van der Waals surface area contributed by atoms with Crippen LogP contribution in [0.25, 0.3) is 10.8 Å². The number of nitrogens with one attached hydrogen (secondary N) is 2. The summed E-state index contributed by atoms with van der Waals surface area (Å²) in [6.07, 6.45) is 2.68. The molecule has 10 heteroatoms. The van der Waals surface area contributed by atoms with Crippen LogP contribution in [0.2, 0.25) is 0 Å². The van der Waals surface area contributed by atoms with Crippen LogP contribution in [0.3, 0.4) is 0 Å². The number of fused-ring (bicyclic) bond motifs is 1. The Morgan fingerprint density at radius 3 is 2.41 bits per heavy atom. The van der Waals surface area contributed by atoms with Gasteiger partial charge in [0.1, 0.15) is 36.7 Å². The Bertz CT molecular complexity index is 1490. The van der Waals surface area contributed by atoms with Crippen LogP contribution >= 0.6 is 0 Å². The number of unbranched alkanes of at least 4 members (excludes halogenated alkanes) is 1. The van der Waals surface area contributed by atoms with Crippen LogP contribution in [0.1, 0.15) is 42.5 Å². The summed E-state index contributed by atoms with van der Waals surface area (Å²) >= 11 is 0. The van der Waals surface area contributed by atoms with Gasteiger partial charge >= 0.3 is 0 Å². The van der Waals surface area contributed by atoms with Crippen LogP contribution in [-0.4, -0.2) is 38.9 Å². The summed E-state index contributed by atoms with van der Waals surface area (Å²) in [7, 11) is 0. The van der Waals surface area contributed by atoms with E-state index in [0.29, 0.717) is 37.6 Å². The van der Waals surface area contributed by atoms with Crippen LogP contribution in [0.5, 0.6) is 11.5 Å². The highest BCUT2D eigenvalue weighted by atomic mass is 16.5. The maximum atomic E-state index is 11.6. The smallest absolute Gasteiger partial charge is 0.143 e. The second-order valence-electron chi connectivity index (χ2n) is 10.6. The molecule has 0 heterocycles. The Labute approximate surface area is 257 Å². The van der Waals surface area contributed by atoms with Gasteiger partial charge in [0, 0.05) is 29.7 Å². The summed E-state index contributed by atoms with van der Waals surface area (Å²) in [5.74, 6) is 1.35. The molecule has 0 amide bonds. The zero-order chi connectivity index (χ0) is 31.0. The molecule has 4 aromatic carbocycles. The van der Waals surface area contributed by atoms with Crippen molar-refractivity contribution in [2.24, 2.45) is 15.5 Å². The minimum Gasteiger partial charge on any atom is -0.493 e. The van der Waals surface area contributed by atoms with Gasteiger partial charge in [-0.15, -0.1) is 0 Å². The SMILES string of the molecule is CCCCOc1ccc(C(CNCCc2ccc(NCC(COc3cccc4ccccc34)N=O)cc2)N=O)cc1CN=O. The van der Waals surface area contributed by atoms with Crippen molar-refractivity contribution >= 4 is 16.5 Å². The molecule has 2 atom stereocenters. The zero-order valence-corrected chi connectivity index (χ0v) is 25.0. The number of benzene rings is 4. The van der Waals surface area contributed by atoms with E-state index in [1.807, 2.05) is 72.8 Å². The molecule has 44 heavy (non-hydrogen) atoms. The van der Waals surface area contributed by atoms with E-state index < -0.39 is 12.1 Å². The molecule has 4 rings (SSSR count). The van der Waals surface area contributed by atoms with Crippen molar-refractivity contribution in [2.45, 2.75) is 44.8 Å². The Morgan fingerprint density at radius 1 is 0.818 bits per heavy atom. The van der Waals surface area contributed by atoms with Crippen LogP contribution < -0.4 is 20.1 Å². The molecule has 10 nitrogen and oxygen atoms in total. The van der Waals surface area contributed by atoms with Gasteiger partial charge in [-0.1, -0.05) is 83.5 Å².